The Kier molecular flexibility index (Phi) is 2.84. The molecule has 86 valence electrons. The first-order valence-electron chi connectivity index (χ1n) is 4.85. The molecule has 1 aromatic carbocycles. The molecule has 0 amide bonds. The summed E-state index contributed by atoms with van der Waals surface area (Å²) in [5.41, 5.74) is 0.654. The van der Waals surface area contributed by atoms with E-state index in [1.165, 1.54) is 6.07 Å². The van der Waals surface area contributed by atoms with Crippen LogP contribution in [-0.2, 0) is 10.3 Å². The van der Waals surface area contributed by atoms with E-state index in [0.29, 0.717) is 6.61 Å². The van der Waals surface area contributed by atoms with Gasteiger partial charge < -0.3 is 4.84 Å². The summed E-state index contributed by atoms with van der Waals surface area (Å²) in [7, 11) is 0. The van der Waals surface area contributed by atoms with E-state index in [1.807, 2.05) is 0 Å². The molecule has 0 aliphatic heterocycles. The number of benzene rings is 1. The Morgan fingerprint density at radius 2 is 2.25 bits per heavy atom. The molecule has 16 heavy (non-hydrogen) atoms. The Morgan fingerprint density at radius 1 is 1.56 bits per heavy atom. The molecule has 6 heteroatoms. The maximum atomic E-state index is 10.7. The number of nitrogens with zero attached hydrogens (tertiary/aromatic N) is 1. The predicted octanol–water partition coefficient (Wildman–Crippen LogP) is 2.17. The van der Waals surface area contributed by atoms with Gasteiger partial charge in [0.15, 0.2) is 0 Å². The number of halogens is 1. The van der Waals surface area contributed by atoms with Crippen LogP contribution in [0.2, 0.25) is 5.02 Å². The summed E-state index contributed by atoms with van der Waals surface area (Å²) in [6.07, 6.45) is 1.87. The number of nitrogens with two attached hydrogens (primary N) is 1. The molecule has 0 spiro atoms. The average molecular weight is 243 g/mol. The lowest BCUT2D eigenvalue weighted by atomic mass is 9.96. The number of nitro benzene ring substituents is 1. The van der Waals surface area contributed by atoms with Crippen molar-refractivity contribution in [3.63, 3.8) is 0 Å². The second kappa shape index (κ2) is 4.01. The van der Waals surface area contributed by atoms with Crippen LogP contribution in [0.4, 0.5) is 5.69 Å². The number of hydrogen-bond donors (Lipinski definition) is 1. The molecule has 0 radical (unpaired) electrons. The summed E-state index contributed by atoms with van der Waals surface area (Å²) < 4.78 is 0. The summed E-state index contributed by atoms with van der Waals surface area (Å²) in [5, 5.41) is 10.9. The van der Waals surface area contributed by atoms with Gasteiger partial charge in [0.2, 0.25) is 0 Å². The molecule has 5 nitrogen and oxygen atoms in total. The molecule has 1 aliphatic rings. The third-order valence-electron chi connectivity index (χ3n) is 2.97. The molecule has 1 aromatic rings. The monoisotopic (exact) mass is 242 g/mol. The molecule has 2 rings (SSSR count). The van der Waals surface area contributed by atoms with Crippen molar-refractivity contribution in [3.8, 4) is 0 Å². The van der Waals surface area contributed by atoms with E-state index >= 15 is 0 Å². The van der Waals surface area contributed by atoms with Gasteiger partial charge in [0.05, 0.1) is 11.5 Å². The fourth-order valence-electron chi connectivity index (χ4n) is 1.81. The van der Waals surface area contributed by atoms with Crippen LogP contribution in [0.1, 0.15) is 18.4 Å². The van der Waals surface area contributed by atoms with Crippen molar-refractivity contribution in [1.82, 2.24) is 0 Å². The van der Waals surface area contributed by atoms with E-state index in [4.69, 9.17) is 17.5 Å². The predicted molar refractivity (Wildman–Crippen MR) is 59.2 cm³/mol. The Balaban J connectivity index is 2.36. The van der Waals surface area contributed by atoms with Crippen LogP contribution in [-0.4, -0.2) is 11.5 Å². The Bertz CT molecular complexity index is 432. The standard InChI is InChI=1S/C10H11ClN2O3/c11-8-2-1-7(5-9(8)13(14)15)10(3-4-10)6-16-12/h1-2,5H,3-4,6,12H2. The smallest absolute Gasteiger partial charge is 0.288 e. The molecule has 1 aliphatic carbocycles. The van der Waals surface area contributed by atoms with Gasteiger partial charge in [0.1, 0.15) is 5.02 Å². The van der Waals surface area contributed by atoms with Crippen molar-refractivity contribution in [1.29, 1.82) is 0 Å². The molecular weight excluding hydrogens is 232 g/mol. The van der Waals surface area contributed by atoms with Crippen molar-refractivity contribution in [2.75, 3.05) is 6.61 Å². The van der Waals surface area contributed by atoms with E-state index in [-0.39, 0.29) is 16.1 Å². The van der Waals surface area contributed by atoms with E-state index in [0.717, 1.165) is 18.4 Å². The topological polar surface area (TPSA) is 78.4 Å². The van der Waals surface area contributed by atoms with Gasteiger partial charge in [0, 0.05) is 11.5 Å². The van der Waals surface area contributed by atoms with E-state index in [1.54, 1.807) is 12.1 Å². The van der Waals surface area contributed by atoms with Crippen LogP contribution in [0.3, 0.4) is 0 Å². The molecule has 0 atom stereocenters. The lowest BCUT2D eigenvalue weighted by molar-refractivity contribution is -0.384. The van der Waals surface area contributed by atoms with Gasteiger partial charge in [-0.3, -0.25) is 10.1 Å². The Hall–Kier alpha value is -1.17. The van der Waals surface area contributed by atoms with E-state index < -0.39 is 4.92 Å². The summed E-state index contributed by atoms with van der Waals surface area (Å²) in [6.45, 7) is 0.381. The van der Waals surface area contributed by atoms with Gasteiger partial charge in [-0.1, -0.05) is 17.7 Å². The maximum absolute atomic E-state index is 10.7. The zero-order chi connectivity index (χ0) is 11.8. The first-order chi connectivity index (χ1) is 7.59. The molecule has 2 N–H and O–H groups in total. The van der Waals surface area contributed by atoms with E-state index in [9.17, 15) is 10.1 Å². The molecular formula is C10H11ClN2O3. The maximum Gasteiger partial charge on any atom is 0.288 e. The minimum Gasteiger partial charge on any atom is -0.304 e. The summed E-state index contributed by atoms with van der Waals surface area (Å²) in [5.74, 6) is 5.06. The summed E-state index contributed by atoms with van der Waals surface area (Å²) in [6, 6.07) is 4.85. The van der Waals surface area contributed by atoms with Crippen molar-refractivity contribution >= 4 is 17.3 Å². The van der Waals surface area contributed by atoms with Gasteiger partial charge in [-0.25, -0.2) is 5.90 Å². The van der Waals surface area contributed by atoms with Crippen LogP contribution in [0.5, 0.6) is 0 Å². The van der Waals surface area contributed by atoms with Crippen LogP contribution < -0.4 is 5.90 Å². The van der Waals surface area contributed by atoms with Gasteiger partial charge in [-0.05, 0) is 24.5 Å². The zero-order valence-corrected chi connectivity index (χ0v) is 9.24. The van der Waals surface area contributed by atoms with Crippen LogP contribution in [0, 0.1) is 10.1 Å². The third-order valence-corrected chi connectivity index (χ3v) is 3.29. The fourth-order valence-corrected chi connectivity index (χ4v) is 2.00. The minimum atomic E-state index is -0.481. The van der Waals surface area contributed by atoms with Crippen LogP contribution >= 0.6 is 11.6 Å². The summed E-state index contributed by atoms with van der Waals surface area (Å²) >= 11 is 5.74. The first kappa shape index (κ1) is 11.3. The molecule has 1 saturated carbocycles. The third kappa shape index (κ3) is 1.89. The normalized spacial score (nSPS) is 17.1. The van der Waals surface area contributed by atoms with Crippen molar-refractivity contribution in [3.05, 3.63) is 38.9 Å². The van der Waals surface area contributed by atoms with Crippen LogP contribution in [0.15, 0.2) is 18.2 Å². The highest BCUT2D eigenvalue weighted by Crippen LogP contribution is 2.49. The van der Waals surface area contributed by atoms with Crippen molar-refractivity contribution < 1.29 is 9.76 Å². The lowest BCUT2D eigenvalue weighted by Gasteiger charge is -2.13. The highest BCUT2D eigenvalue weighted by molar-refractivity contribution is 6.32. The molecule has 1 fully saturated rings. The number of hydrogen-bond acceptors (Lipinski definition) is 4. The van der Waals surface area contributed by atoms with E-state index in [2.05, 4.69) is 4.84 Å². The molecule has 0 saturated heterocycles. The number of rotatable bonds is 4. The zero-order valence-electron chi connectivity index (χ0n) is 8.48. The van der Waals surface area contributed by atoms with Gasteiger partial charge in [-0.15, -0.1) is 0 Å². The van der Waals surface area contributed by atoms with Crippen LogP contribution in [0.25, 0.3) is 0 Å². The molecule has 0 aromatic heterocycles. The summed E-state index contributed by atoms with van der Waals surface area (Å²) in [4.78, 5) is 14.9. The average Bonchev–Trinajstić information content (AvgIpc) is 2.99. The fraction of sp³-hybridized carbons (Fsp3) is 0.400. The highest BCUT2D eigenvalue weighted by atomic mass is 35.5. The molecule has 0 unspecified atom stereocenters. The largest absolute Gasteiger partial charge is 0.304 e. The SMILES string of the molecule is NOCC1(c2ccc(Cl)c([N+](=O)[O-])c2)CC1. The Labute approximate surface area is 97.2 Å². The minimum absolute atomic E-state index is 0.0672. The second-order valence-corrected chi connectivity index (χ2v) is 4.42. The number of nitro groups is 1. The van der Waals surface area contributed by atoms with Crippen molar-refractivity contribution in [2.24, 2.45) is 5.90 Å². The lowest BCUT2D eigenvalue weighted by Crippen LogP contribution is -2.18. The Morgan fingerprint density at radius 3 is 2.75 bits per heavy atom. The first-order valence-corrected chi connectivity index (χ1v) is 5.23. The molecule has 0 heterocycles. The van der Waals surface area contributed by atoms with Gasteiger partial charge in [0.25, 0.3) is 5.69 Å². The quantitative estimate of drug-likeness (QED) is 0.648. The highest BCUT2D eigenvalue weighted by Gasteiger charge is 2.45. The van der Waals surface area contributed by atoms with Gasteiger partial charge >= 0.3 is 0 Å². The van der Waals surface area contributed by atoms with Gasteiger partial charge in [-0.2, -0.15) is 0 Å². The molecule has 0 bridgehead atoms. The second-order valence-electron chi connectivity index (χ2n) is 4.01. The van der Waals surface area contributed by atoms with Crippen molar-refractivity contribution in [2.45, 2.75) is 18.3 Å².